The Morgan fingerprint density at radius 1 is 1.38 bits per heavy atom. The van der Waals surface area contributed by atoms with Gasteiger partial charge < -0.3 is 19.7 Å². The maximum Gasteiger partial charge on any atom is 0.358 e. The third kappa shape index (κ3) is 4.38. The van der Waals surface area contributed by atoms with Gasteiger partial charge >= 0.3 is 5.97 Å². The highest BCUT2D eigenvalue weighted by Crippen LogP contribution is 2.05. The first-order valence-electron chi connectivity index (χ1n) is 6.70. The quantitative estimate of drug-likeness (QED) is 0.759. The molecule has 1 fully saturated rings. The molecule has 0 unspecified atom stereocenters. The fraction of sp³-hybridized carbons (Fsp3) is 0.538. The minimum atomic E-state index is -0.546. The fourth-order valence-electron chi connectivity index (χ4n) is 1.92. The van der Waals surface area contributed by atoms with E-state index in [9.17, 15) is 9.59 Å². The van der Waals surface area contributed by atoms with Crippen molar-refractivity contribution in [1.82, 2.24) is 14.9 Å². The Morgan fingerprint density at radius 2 is 2.14 bits per heavy atom. The van der Waals surface area contributed by atoms with Gasteiger partial charge in [-0.15, -0.1) is 0 Å². The summed E-state index contributed by atoms with van der Waals surface area (Å²) in [5.74, 6) is -0.0360. The standard InChI is InChI=1S/C13H18N4O4/c1-20-13(19)10-8-14-9-11(16-10)15-3-2-12(18)17-4-6-21-7-5-17/h8-9H,2-7H2,1H3,(H,15,16). The first-order chi connectivity index (χ1) is 10.2. The second kappa shape index (κ2) is 7.53. The molecule has 1 aliphatic heterocycles. The molecule has 0 bridgehead atoms. The fourth-order valence-corrected chi connectivity index (χ4v) is 1.92. The van der Waals surface area contributed by atoms with Gasteiger partial charge in [-0.25, -0.2) is 9.78 Å². The van der Waals surface area contributed by atoms with Crippen LogP contribution in [0.1, 0.15) is 16.9 Å². The monoisotopic (exact) mass is 294 g/mol. The van der Waals surface area contributed by atoms with Gasteiger partial charge in [0.2, 0.25) is 5.91 Å². The molecule has 1 aromatic heterocycles. The Morgan fingerprint density at radius 3 is 2.86 bits per heavy atom. The highest BCUT2D eigenvalue weighted by Gasteiger charge is 2.16. The Bertz CT molecular complexity index is 503. The van der Waals surface area contributed by atoms with E-state index in [0.29, 0.717) is 45.1 Å². The van der Waals surface area contributed by atoms with E-state index in [0.717, 1.165) is 0 Å². The lowest BCUT2D eigenvalue weighted by atomic mass is 10.3. The largest absolute Gasteiger partial charge is 0.464 e. The lowest BCUT2D eigenvalue weighted by Crippen LogP contribution is -2.41. The van der Waals surface area contributed by atoms with Crippen LogP contribution < -0.4 is 5.32 Å². The van der Waals surface area contributed by atoms with Crippen LogP contribution in [-0.2, 0) is 14.3 Å². The number of ether oxygens (including phenoxy) is 2. The predicted molar refractivity (Wildman–Crippen MR) is 73.9 cm³/mol. The summed E-state index contributed by atoms with van der Waals surface area (Å²) in [4.78, 5) is 33.0. The third-order valence-corrected chi connectivity index (χ3v) is 3.04. The van der Waals surface area contributed by atoms with Crippen LogP contribution in [0.25, 0.3) is 0 Å². The molecule has 0 spiro atoms. The van der Waals surface area contributed by atoms with Crippen LogP contribution in [0.2, 0.25) is 0 Å². The smallest absolute Gasteiger partial charge is 0.358 e. The summed E-state index contributed by atoms with van der Waals surface area (Å²) in [5.41, 5.74) is 0.127. The molecule has 1 aromatic rings. The van der Waals surface area contributed by atoms with Gasteiger partial charge in [-0.2, -0.15) is 0 Å². The number of amides is 1. The molecule has 0 saturated carbocycles. The molecule has 0 atom stereocenters. The summed E-state index contributed by atoms with van der Waals surface area (Å²) in [6.07, 6.45) is 3.17. The first kappa shape index (κ1) is 15.2. The van der Waals surface area contributed by atoms with Crippen LogP contribution in [0.3, 0.4) is 0 Å². The summed E-state index contributed by atoms with van der Waals surface area (Å²) >= 11 is 0. The Balaban J connectivity index is 1.80. The zero-order chi connectivity index (χ0) is 15.1. The molecule has 0 radical (unpaired) electrons. The molecular weight excluding hydrogens is 276 g/mol. The molecule has 1 aliphatic rings. The second-order valence-corrected chi connectivity index (χ2v) is 4.45. The average molecular weight is 294 g/mol. The van der Waals surface area contributed by atoms with E-state index in [1.165, 1.54) is 19.5 Å². The summed E-state index contributed by atoms with van der Waals surface area (Å²) in [6.45, 7) is 2.88. The number of rotatable bonds is 5. The van der Waals surface area contributed by atoms with Gasteiger partial charge in [-0.3, -0.25) is 9.78 Å². The Kier molecular flexibility index (Phi) is 5.44. The molecule has 0 aromatic carbocycles. The van der Waals surface area contributed by atoms with Crippen molar-refractivity contribution in [3.05, 3.63) is 18.1 Å². The average Bonchev–Trinajstić information content (AvgIpc) is 2.55. The van der Waals surface area contributed by atoms with Crippen LogP contribution in [-0.4, -0.2) is 66.7 Å². The zero-order valence-corrected chi connectivity index (χ0v) is 11.9. The van der Waals surface area contributed by atoms with Gasteiger partial charge in [0, 0.05) is 26.1 Å². The van der Waals surface area contributed by atoms with Crippen LogP contribution in [0, 0.1) is 0 Å². The summed E-state index contributed by atoms with van der Waals surface area (Å²) in [7, 11) is 1.28. The number of nitrogens with one attached hydrogen (secondary N) is 1. The van der Waals surface area contributed by atoms with Crippen molar-refractivity contribution >= 4 is 17.7 Å². The molecular formula is C13H18N4O4. The number of esters is 1. The minimum absolute atomic E-state index is 0.0721. The molecule has 1 N–H and O–H groups in total. The first-order valence-corrected chi connectivity index (χ1v) is 6.70. The highest BCUT2D eigenvalue weighted by molar-refractivity contribution is 5.87. The topological polar surface area (TPSA) is 93.6 Å². The maximum atomic E-state index is 11.9. The predicted octanol–water partition coefficient (Wildman–Crippen LogP) is -0.0760. The molecule has 1 amide bonds. The normalized spacial score (nSPS) is 14.6. The second-order valence-electron chi connectivity index (χ2n) is 4.45. The number of morpholine rings is 1. The number of hydrogen-bond donors (Lipinski definition) is 1. The van der Waals surface area contributed by atoms with Gasteiger partial charge in [-0.1, -0.05) is 0 Å². The van der Waals surface area contributed by atoms with Crippen LogP contribution in [0.15, 0.2) is 12.4 Å². The van der Waals surface area contributed by atoms with Crippen molar-refractivity contribution in [1.29, 1.82) is 0 Å². The molecule has 1 saturated heterocycles. The number of carbonyl (C=O) groups excluding carboxylic acids is 2. The number of hydrogen-bond acceptors (Lipinski definition) is 7. The Hall–Kier alpha value is -2.22. The van der Waals surface area contributed by atoms with Crippen molar-refractivity contribution in [3.8, 4) is 0 Å². The molecule has 2 rings (SSSR count). The molecule has 8 nitrogen and oxygen atoms in total. The van der Waals surface area contributed by atoms with Crippen molar-refractivity contribution in [3.63, 3.8) is 0 Å². The highest BCUT2D eigenvalue weighted by atomic mass is 16.5. The summed E-state index contributed by atoms with van der Waals surface area (Å²) < 4.78 is 9.77. The maximum absolute atomic E-state index is 11.9. The Labute approximate surface area is 122 Å². The molecule has 8 heteroatoms. The van der Waals surface area contributed by atoms with E-state index < -0.39 is 5.97 Å². The van der Waals surface area contributed by atoms with Crippen molar-refractivity contribution in [2.45, 2.75) is 6.42 Å². The molecule has 114 valence electrons. The van der Waals surface area contributed by atoms with Gasteiger partial charge in [0.1, 0.15) is 5.82 Å². The SMILES string of the molecule is COC(=O)c1cncc(NCCC(=O)N2CCOCC2)n1. The van der Waals surface area contributed by atoms with Crippen LogP contribution >= 0.6 is 0 Å². The number of aromatic nitrogens is 2. The van der Waals surface area contributed by atoms with Gasteiger partial charge in [0.15, 0.2) is 5.69 Å². The van der Waals surface area contributed by atoms with Gasteiger partial charge in [0.05, 0.1) is 32.7 Å². The van der Waals surface area contributed by atoms with Crippen molar-refractivity contribution in [2.24, 2.45) is 0 Å². The van der Waals surface area contributed by atoms with Crippen LogP contribution in [0.5, 0.6) is 0 Å². The van der Waals surface area contributed by atoms with Gasteiger partial charge in [-0.05, 0) is 0 Å². The minimum Gasteiger partial charge on any atom is -0.464 e. The summed E-state index contributed by atoms with van der Waals surface area (Å²) in [6, 6.07) is 0. The molecule has 21 heavy (non-hydrogen) atoms. The van der Waals surface area contributed by atoms with E-state index in [2.05, 4.69) is 20.0 Å². The van der Waals surface area contributed by atoms with E-state index >= 15 is 0 Å². The van der Waals surface area contributed by atoms with Gasteiger partial charge in [0.25, 0.3) is 0 Å². The third-order valence-electron chi connectivity index (χ3n) is 3.04. The number of nitrogens with zero attached hydrogens (tertiary/aromatic N) is 3. The molecule has 2 heterocycles. The number of carbonyl (C=O) groups is 2. The zero-order valence-electron chi connectivity index (χ0n) is 11.9. The van der Waals surface area contributed by atoms with Crippen LogP contribution in [0.4, 0.5) is 5.82 Å². The van der Waals surface area contributed by atoms with Crippen molar-refractivity contribution in [2.75, 3.05) is 45.3 Å². The number of methoxy groups -OCH3 is 1. The van der Waals surface area contributed by atoms with E-state index in [1.807, 2.05) is 0 Å². The molecule has 0 aliphatic carbocycles. The summed E-state index contributed by atoms with van der Waals surface area (Å²) in [5, 5.41) is 2.97. The number of anilines is 1. The van der Waals surface area contributed by atoms with E-state index in [4.69, 9.17) is 4.74 Å². The van der Waals surface area contributed by atoms with E-state index in [-0.39, 0.29) is 11.6 Å². The van der Waals surface area contributed by atoms with E-state index in [1.54, 1.807) is 4.90 Å². The van der Waals surface area contributed by atoms with Crippen molar-refractivity contribution < 1.29 is 19.1 Å². The lowest BCUT2D eigenvalue weighted by molar-refractivity contribution is -0.134. The lowest BCUT2D eigenvalue weighted by Gasteiger charge is -2.26.